The van der Waals surface area contributed by atoms with Crippen LogP contribution in [0.5, 0.6) is 0 Å². The predicted octanol–water partition coefficient (Wildman–Crippen LogP) is 3.54. The van der Waals surface area contributed by atoms with Crippen LogP contribution in [0, 0.1) is 11.7 Å². The maximum Gasteiger partial charge on any atom is 0.252 e. The minimum absolute atomic E-state index is 0.0393. The average Bonchev–Trinajstić information content (AvgIpc) is 3.53. The first-order chi connectivity index (χ1) is 14.4. The molecule has 3 aromatic rings. The predicted molar refractivity (Wildman–Crippen MR) is 116 cm³/mol. The molecule has 2 aromatic heterocycles. The van der Waals surface area contributed by atoms with Gasteiger partial charge < -0.3 is 22.1 Å². The highest BCUT2D eigenvalue weighted by Crippen LogP contribution is 2.38. The Bertz CT molecular complexity index is 1080. The summed E-state index contributed by atoms with van der Waals surface area (Å²) in [6.07, 6.45) is 6.29. The molecule has 6 N–H and O–H groups in total. The summed E-state index contributed by atoms with van der Waals surface area (Å²) in [5.41, 5.74) is 13.6. The van der Waals surface area contributed by atoms with Crippen LogP contribution in [0.4, 0.5) is 21.6 Å². The van der Waals surface area contributed by atoms with E-state index in [0.29, 0.717) is 34.0 Å². The molecule has 4 rings (SSSR count). The van der Waals surface area contributed by atoms with E-state index in [1.54, 1.807) is 30.5 Å². The quantitative estimate of drug-likeness (QED) is 0.453. The summed E-state index contributed by atoms with van der Waals surface area (Å²) in [7, 11) is 0. The third-order valence-electron chi connectivity index (χ3n) is 5.43. The number of halogens is 1. The first-order valence-electron chi connectivity index (χ1n) is 10.0. The zero-order valence-electron chi connectivity index (χ0n) is 16.7. The highest BCUT2D eigenvalue weighted by Gasteiger charge is 2.28. The van der Waals surface area contributed by atoms with E-state index in [1.165, 1.54) is 25.1 Å². The van der Waals surface area contributed by atoms with Crippen LogP contribution in [0.2, 0.25) is 0 Å². The summed E-state index contributed by atoms with van der Waals surface area (Å²) in [6.45, 7) is 1.94. The zero-order chi connectivity index (χ0) is 21.3. The fourth-order valence-electron chi connectivity index (χ4n) is 3.60. The lowest BCUT2D eigenvalue weighted by Crippen LogP contribution is -2.38. The van der Waals surface area contributed by atoms with Gasteiger partial charge in [0.25, 0.3) is 5.91 Å². The topological polar surface area (TPSA) is 119 Å². The fraction of sp³-hybridized carbons (Fsp3) is 0.318. The van der Waals surface area contributed by atoms with Crippen molar-refractivity contribution in [3.05, 3.63) is 54.1 Å². The number of amides is 1. The van der Waals surface area contributed by atoms with Gasteiger partial charge >= 0.3 is 0 Å². The van der Waals surface area contributed by atoms with Crippen molar-refractivity contribution >= 4 is 34.0 Å². The van der Waals surface area contributed by atoms with Gasteiger partial charge in [-0.2, -0.15) is 0 Å². The first kappa shape index (κ1) is 20.0. The molecule has 1 saturated carbocycles. The van der Waals surface area contributed by atoms with Crippen LogP contribution in [0.25, 0.3) is 10.9 Å². The van der Waals surface area contributed by atoms with Crippen molar-refractivity contribution in [2.75, 3.05) is 10.6 Å². The summed E-state index contributed by atoms with van der Waals surface area (Å²) < 4.78 is 14.9. The number of hydrogen-bond donors (Lipinski definition) is 4. The monoisotopic (exact) mass is 408 g/mol. The largest absolute Gasteiger partial charge is 0.378 e. The van der Waals surface area contributed by atoms with Crippen LogP contribution in [0.15, 0.2) is 42.7 Å². The highest BCUT2D eigenvalue weighted by molar-refractivity contribution is 6.02. The summed E-state index contributed by atoms with van der Waals surface area (Å²) >= 11 is 0. The van der Waals surface area contributed by atoms with E-state index in [9.17, 15) is 9.18 Å². The highest BCUT2D eigenvalue weighted by atomic mass is 19.1. The summed E-state index contributed by atoms with van der Waals surface area (Å²) in [5.74, 6) is -0.0515. The van der Waals surface area contributed by atoms with Crippen LogP contribution in [-0.2, 0) is 0 Å². The summed E-state index contributed by atoms with van der Waals surface area (Å²) in [4.78, 5) is 20.3. The number of hydrogen-bond acceptors (Lipinski definition) is 6. The standard InChI is InChI=1S/C22H25FN6O/c1-12(24)18(11-13-4-5-13)28-20-17(7-6-16-19(20)15(23)8-10-26-16)29-22-14(21(25)30)3-2-9-27-22/h2-3,6-10,12-13,18,28H,4-5,11,24H2,1H3,(H2,25,30)(H,27,29)/t12-,18+/m0/s1. The van der Waals surface area contributed by atoms with E-state index >= 15 is 0 Å². The van der Waals surface area contributed by atoms with Gasteiger partial charge in [0.1, 0.15) is 11.6 Å². The number of primary amides is 1. The molecule has 156 valence electrons. The average molecular weight is 408 g/mol. The van der Waals surface area contributed by atoms with Crippen molar-refractivity contribution in [1.82, 2.24) is 9.97 Å². The molecule has 0 unspecified atom stereocenters. The van der Waals surface area contributed by atoms with E-state index < -0.39 is 11.7 Å². The molecule has 0 bridgehead atoms. The van der Waals surface area contributed by atoms with Crippen molar-refractivity contribution in [1.29, 1.82) is 0 Å². The summed E-state index contributed by atoms with van der Waals surface area (Å²) in [6, 6.07) is 7.88. The fourth-order valence-corrected chi connectivity index (χ4v) is 3.60. The van der Waals surface area contributed by atoms with Gasteiger partial charge in [0.15, 0.2) is 0 Å². The van der Waals surface area contributed by atoms with E-state index in [-0.39, 0.29) is 17.6 Å². The second-order valence-corrected chi connectivity index (χ2v) is 7.85. The number of pyridine rings is 2. The Morgan fingerprint density at radius 3 is 2.73 bits per heavy atom. The minimum Gasteiger partial charge on any atom is -0.378 e. The Labute approximate surface area is 174 Å². The lowest BCUT2D eigenvalue weighted by Gasteiger charge is -2.26. The van der Waals surface area contributed by atoms with Crippen molar-refractivity contribution < 1.29 is 9.18 Å². The number of nitrogens with two attached hydrogens (primary N) is 2. The molecule has 2 heterocycles. The molecule has 1 aliphatic rings. The Morgan fingerprint density at radius 2 is 2.03 bits per heavy atom. The van der Waals surface area contributed by atoms with Crippen LogP contribution in [0.3, 0.4) is 0 Å². The number of fused-ring (bicyclic) bond motifs is 1. The van der Waals surface area contributed by atoms with Gasteiger partial charge in [0, 0.05) is 24.5 Å². The van der Waals surface area contributed by atoms with Crippen LogP contribution in [0.1, 0.15) is 36.5 Å². The number of anilines is 3. The van der Waals surface area contributed by atoms with Crippen molar-refractivity contribution in [3.8, 4) is 0 Å². The number of carbonyl (C=O) groups is 1. The van der Waals surface area contributed by atoms with Crippen molar-refractivity contribution in [2.45, 2.75) is 38.3 Å². The van der Waals surface area contributed by atoms with E-state index in [0.717, 1.165) is 6.42 Å². The van der Waals surface area contributed by atoms with Crippen LogP contribution in [-0.4, -0.2) is 28.0 Å². The molecule has 1 aliphatic carbocycles. The number of nitrogens with one attached hydrogen (secondary N) is 2. The Hall–Kier alpha value is -3.26. The van der Waals surface area contributed by atoms with Gasteiger partial charge in [0.05, 0.1) is 27.8 Å². The number of aromatic nitrogens is 2. The van der Waals surface area contributed by atoms with Gasteiger partial charge in [-0.1, -0.05) is 12.8 Å². The molecule has 30 heavy (non-hydrogen) atoms. The molecular formula is C22H25FN6O. The molecule has 0 saturated heterocycles. The van der Waals surface area contributed by atoms with Gasteiger partial charge in [-0.3, -0.25) is 9.78 Å². The van der Waals surface area contributed by atoms with Gasteiger partial charge in [-0.15, -0.1) is 0 Å². The minimum atomic E-state index is -0.601. The number of rotatable bonds is 8. The molecular weight excluding hydrogens is 383 g/mol. The van der Waals surface area contributed by atoms with Crippen LogP contribution < -0.4 is 22.1 Å². The smallest absolute Gasteiger partial charge is 0.252 e. The Morgan fingerprint density at radius 1 is 1.23 bits per heavy atom. The maximum atomic E-state index is 14.9. The molecule has 1 aromatic carbocycles. The molecule has 1 amide bonds. The second kappa shape index (κ2) is 8.23. The number of benzene rings is 1. The third-order valence-corrected chi connectivity index (χ3v) is 5.43. The van der Waals surface area contributed by atoms with E-state index in [1.807, 2.05) is 6.92 Å². The van der Waals surface area contributed by atoms with E-state index in [2.05, 4.69) is 20.6 Å². The molecule has 7 nitrogen and oxygen atoms in total. The maximum absolute atomic E-state index is 14.9. The molecule has 2 atom stereocenters. The Balaban J connectivity index is 1.80. The Kier molecular flexibility index (Phi) is 5.50. The molecule has 1 fully saturated rings. The molecule has 0 aliphatic heterocycles. The summed E-state index contributed by atoms with van der Waals surface area (Å²) in [5, 5.41) is 6.97. The molecule has 0 spiro atoms. The van der Waals surface area contributed by atoms with E-state index in [4.69, 9.17) is 11.5 Å². The van der Waals surface area contributed by atoms with Gasteiger partial charge in [-0.05, 0) is 49.6 Å². The normalized spacial score (nSPS) is 15.6. The van der Waals surface area contributed by atoms with Crippen molar-refractivity contribution in [3.63, 3.8) is 0 Å². The zero-order valence-corrected chi connectivity index (χ0v) is 16.7. The molecule has 8 heteroatoms. The number of carbonyl (C=O) groups excluding carboxylic acids is 1. The van der Waals surface area contributed by atoms with Gasteiger partial charge in [0.2, 0.25) is 0 Å². The SMILES string of the molecule is C[C@H](N)[C@@H](CC1CC1)Nc1c(Nc2ncccc2C(N)=O)ccc2nccc(F)c12. The lowest BCUT2D eigenvalue weighted by molar-refractivity contribution is 0.100. The lowest BCUT2D eigenvalue weighted by atomic mass is 10.0. The van der Waals surface area contributed by atoms with Crippen LogP contribution >= 0.6 is 0 Å². The van der Waals surface area contributed by atoms with Crippen molar-refractivity contribution in [2.24, 2.45) is 17.4 Å². The van der Waals surface area contributed by atoms with Gasteiger partial charge in [-0.25, -0.2) is 9.37 Å². The third kappa shape index (κ3) is 4.18. The second-order valence-electron chi connectivity index (χ2n) is 7.85. The first-order valence-corrected chi connectivity index (χ1v) is 10.0. The number of nitrogens with zero attached hydrogens (tertiary/aromatic N) is 2. The molecule has 0 radical (unpaired) electrons.